The molecule has 0 bridgehead atoms. The Kier molecular flexibility index (Phi) is 6.45. The Morgan fingerprint density at radius 2 is 2.00 bits per heavy atom. The van der Waals surface area contributed by atoms with Crippen LogP contribution < -0.4 is 5.32 Å². The summed E-state index contributed by atoms with van der Waals surface area (Å²) < 4.78 is 0. The van der Waals surface area contributed by atoms with Gasteiger partial charge in [-0.2, -0.15) is 0 Å². The number of carbonyl (C=O) groups is 2. The van der Waals surface area contributed by atoms with Gasteiger partial charge in [-0.1, -0.05) is 30.3 Å². The zero-order chi connectivity index (χ0) is 18.4. The summed E-state index contributed by atoms with van der Waals surface area (Å²) in [6.07, 6.45) is 3.33. The van der Waals surface area contributed by atoms with Gasteiger partial charge in [-0.05, 0) is 48.8 Å². The van der Waals surface area contributed by atoms with Gasteiger partial charge >= 0.3 is 0 Å². The number of thiophene rings is 1. The van der Waals surface area contributed by atoms with E-state index in [1.54, 1.807) is 11.3 Å². The van der Waals surface area contributed by atoms with Crippen LogP contribution >= 0.6 is 11.3 Å². The molecule has 0 spiro atoms. The lowest BCUT2D eigenvalue weighted by molar-refractivity contribution is -0.134. The molecule has 1 aliphatic heterocycles. The van der Waals surface area contributed by atoms with E-state index in [0.717, 1.165) is 25.8 Å². The molecule has 2 heterocycles. The number of nitrogens with zero attached hydrogens (tertiary/aromatic N) is 1. The maximum absolute atomic E-state index is 12.4. The highest BCUT2D eigenvalue weighted by Gasteiger charge is 2.21. The van der Waals surface area contributed by atoms with Gasteiger partial charge in [0.25, 0.3) is 0 Å². The molecular formula is C21H26N2O2S. The van der Waals surface area contributed by atoms with Crippen LogP contribution in [0.25, 0.3) is 0 Å². The summed E-state index contributed by atoms with van der Waals surface area (Å²) in [6.45, 7) is 3.47. The molecule has 0 fully saturated rings. The quantitative estimate of drug-likeness (QED) is 0.810. The Bertz CT molecular complexity index is 741. The van der Waals surface area contributed by atoms with Gasteiger partial charge in [-0.3, -0.25) is 9.59 Å². The average molecular weight is 371 g/mol. The highest BCUT2D eigenvalue weighted by Crippen LogP contribution is 2.24. The van der Waals surface area contributed by atoms with Crippen molar-refractivity contribution in [3.05, 3.63) is 57.8 Å². The smallest absolute Gasteiger partial charge is 0.223 e. The molecule has 1 N–H and O–H groups in total. The molecule has 2 amide bonds. The third-order valence-corrected chi connectivity index (χ3v) is 5.87. The first-order valence-corrected chi connectivity index (χ1v) is 10.2. The number of fused-ring (bicyclic) bond motifs is 1. The maximum atomic E-state index is 12.4. The molecule has 5 heteroatoms. The minimum Gasteiger partial charge on any atom is -0.354 e. The molecule has 1 aromatic heterocycles. The molecule has 0 aliphatic carbocycles. The van der Waals surface area contributed by atoms with E-state index in [1.807, 2.05) is 30.0 Å². The lowest BCUT2D eigenvalue weighted by Gasteiger charge is -2.27. The first-order valence-electron chi connectivity index (χ1n) is 9.28. The van der Waals surface area contributed by atoms with Crippen molar-refractivity contribution in [2.45, 2.75) is 51.6 Å². The van der Waals surface area contributed by atoms with Gasteiger partial charge in [0.15, 0.2) is 0 Å². The lowest BCUT2D eigenvalue weighted by Crippen LogP contribution is -2.37. The second-order valence-corrected chi connectivity index (χ2v) is 7.93. The Morgan fingerprint density at radius 3 is 2.81 bits per heavy atom. The van der Waals surface area contributed by atoms with Crippen LogP contribution in [0.5, 0.6) is 0 Å². The third kappa shape index (κ3) is 5.18. The third-order valence-electron chi connectivity index (χ3n) is 4.84. The maximum Gasteiger partial charge on any atom is 0.223 e. The zero-order valence-electron chi connectivity index (χ0n) is 15.2. The summed E-state index contributed by atoms with van der Waals surface area (Å²) in [5, 5.41) is 5.10. The molecule has 4 nitrogen and oxygen atoms in total. The number of rotatable bonds is 7. The first-order chi connectivity index (χ1) is 12.6. The van der Waals surface area contributed by atoms with Crippen LogP contribution in [-0.4, -0.2) is 29.3 Å². The van der Waals surface area contributed by atoms with Gasteiger partial charge in [0.05, 0.1) is 0 Å². The average Bonchev–Trinajstić information content (AvgIpc) is 3.13. The zero-order valence-corrected chi connectivity index (χ0v) is 16.1. The minimum absolute atomic E-state index is 0.0351. The van der Waals surface area contributed by atoms with Crippen molar-refractivity contribution in [1.82, 2.24) is 10.2 Å². The van der Waals surface area contributed by atoms with E-state index < -0.39 is 0 Å². The second kappa shape index (κ2) is 8.99. The molecule has 26 heavy (non-hydrogen) atoms. The molecule has 1 atom stereocenters. The first kappa shape index (κ1) is 18.6. The largest absolute Gasteiger partial charge is 0.354 e. The standard InChI is InChI=1S/C21H26N2O2S/c1-16(7-8-17-5-3-2-4-6-17)22-20(24)9-10-21(25)23-13-11-19-18(15-23)12-14-26-19/h2-6,12,14,16H,7-11,13,15H2,1H3,(H,22,24). The molecule has 0 saturated carbocycles. The van der Waals surface area contributed by atoms with E-state index in [0.29, 0.717) is 6.54 Å². The van der Waals surface area contributed by atoms with Gasteiger partial charge in [0, 0.05) is 36.9 Å². The summed E-state index contributed by atoms with van der Waals surface area (Å²) >= 11 is 1.77. The van der Waals surface area contributed by atoms with Crippen LogP contribution in [0.3, 0.4) is 0 Å². The van der Waals surface area contributed by atoms with Gasteiger partial charge in [0.2, 0.25) is 11.8 Å². The van der Waals surface area contributed by atoms with Crippen molar-refractivity contribution >= 4 is 23.2 Å². The summed E-state index contributed by atoms with van der Waals surface area (Å²) in [5.74, 6) is 0.0427. The van der Waals surface area contributed by atoms with E-state index in [1.165, 1.54) is 16.0 Å². The van der Waals surface area contributed by atoms with Crippen molar-refractivity contribution in [1.29, 1.82) is 0 Å². The van der Waals surface area contributed by atoms with E-state index in [2.05, 4.69) is 28.9 Å². The fraction of sp³-hybridized carbons (Fsp3) is 0.429. The number of aryl methyl sites for hydroxylation is 1. The number of amides is 2. The predicted octanol–water partition coefficient (Wildman–Crippen LogP) is 3.55. The molecule has 1 aliphatic rings. The molecule has 2 aromatic rings. The number of nitrogens with one attached hydrogen (secondary N) is 1. The van der Waals surface area contributed by atoms with Crippen molar-refractivity contribution < 1.29 is 9.59 Å². The van der Waals surface area contributed by atoms with E-state index in [-0.39, 0.29) is 30.7 Å². The van der Waals surface area contributed by atoms with Crippen LogP contribution in [0.2, 0.25) is 0 Å². The fourth-order valence-corrected chi connectivity index (χ4v) is 4.18. The Morgan fingerprint density at radius 1 is 1.19 bits per heavy atom. The Balaban J connectivity index is 1.36. The molecule has 3 rings (SSSR count). The van der Waals surface area contributed by atoms with Gasteiger partial charge in [-0.25, -0.2) is 0 Å². The number of benzene rings is 1. The molecule has 138 valence electrons. The van der Waals surface area contributed by atoms with Crippen molar-refractivity contribution in [3.8, 4) is 0 Å². The predicted molar refractivity (Wildman–Crippen MR) is 105 cm³/mol. The molecule has 1 unspecified atom stereocenters. The summed E-state index contributed by atoms with van der Waals surface area (Å²) in [5.41, 5.74) is 2.54. The van der Waals surface area contributed by atoms with Crippen LogP contribution in [-0.2, 0) is 29.0 Å². The Hall–Kier alpha value is -2.14. The molecule has 0 radical (unpaired) electrons. The minimum atomic E-state index is -0.0351. The number of carbonyl (C=O) groups excluding carboxylic acids is 2. The molecular weight excluding hydrogens is 344 g/mol. The Labute approximate surface area is 159 Å². The fourth-order valence-electron chi connectivity index (χ4n) is 3.29. The van der Waals surface area contributed by atoms with Gasteiger partial charge in [-0.15, -0.1) is 11.3 Å². The van der Waals surface area contributed by atoms with Crippen LogP contribution in [0.1, 0.15) is 42.2 Å². The van der Waals surface area contributed by atoms with Gasteiger partial charge < -0.3 is 10.2 Å². The topological polar surface area (TPSA) is 49.4 Å². The van der Waals surface area contributed by atoms with Crippen LogP contribution in [0.15, 0.2) is 41.8 Å². The van der Waals surface area contributed by atoms with E-state index in [4.69, 9.17) is 0 Å². The highest BCUT2D eigenvalue weighted by molar-refractivity contribution is 7.10. The number of hydrogen-bond donors (Lipinski definition) is 1. The van der Waals surface area contributed by atoms with Crippen LogP contribution in [0.4, 0.5) is 0 Å². The molecule has 0 saturated heterocycles. The highest BCUT2D eigenvalue weighted by atomic mass is 32.1. The van der Waals surface area contributed by atoms with Gasteiger partial charge in [0.1, 0.15) is 0 Å². The monoisotopic (exact) mass is 370 g/mol. The summed E-state index contributed by atoms with van der Waals surface area (Å²) in [6, 6.07) is 12.5. The summed E-state index contributed by atoms with van der Waals surface area (Å²) in [7, 11) is 0. The lowest BCUT2D eigenvalue weighted by atomic mass is 10.1. The summed E-state index contributed by atoms with van der Waals surface area (Å²) in [4.78, 5) is 27.8. The van der Waals surface area contributed by atoms with Crippen molar-refractivity contribution in [2.24, 2.45) is 0 Å². The second-order valence-electron chi connectivity index (χ2n) is 6.93. The van der Waals surface area contributed by atoms with Crippen LogP contribution in [0, 0.1) is 0 Å². The van der Waals surface area contributed by atoms with E-state index >= 15 is 0 Å². The van der Waals surface area contributed by atoms with E-state index in [9.17, 15) is 9.59 Å². The SMILES string of the molecule is CC(CCc1ccccc1)NC(=O)CCC(=O)N1CCc2sccc2C1. The normalized spacial score (nSPS) is 14.6. The van der Waals surface area contributed by atoms with Crippen molar-refractivity contribution in [3.63, 3.8) is 0 Å². The van der Waals surface area contributed by atoms with Crippen molar-refractivity contribution in [2.75, 3.05) is 6.54 Å². The number of hydrogen-bond acceptors (Lipinski definition) is 3. The molecule has 1 aromatic carbocycles.